The summed E-state index contributed by atoms with van der Waals surface area (Å²) >= 11 is 5.72. The van der Waals surface area contributed by atoms with Crippen LogP contribution < -0.4 is 4.90 Å². The molecule has 17 heavy (non-hydrogen) atoms. The molecule has 0 aliphatic carbocycles. The van der Waals surface area contributed by atoms with Crippen molar-refractivity contribution in [2.75, 3.05) is 11.4 Å². The lowest BCUT2D eigenvalue weighted by Crippen LogP contribution is -2.25. The summed E-state index contributed by atoms with van der Waals surface area (Å²) in [6.07, 6.45) is -0.219. The van der Waals surface area contributed by atoms with Crippen molar-refractivity contribution in [2.45, 2.75) is 6.42 Å². The van der Waals surface area contributed by atoms with Gasteiger partial charge in [0.25, 0.3) is 0 Å². The maximum atomic E-state index is 11.5. The van der Waals surface area contributed by atoms with E-state index in [1.54, 1.807) is 0 Å². The lowest BCUT2D eigenvalue weighted by atomic mass is 10.2. The number of para-hydroxylation sites is 1. The maximum Gasteiger partial charge on any atom is 0.311 e. The Morgan fingerprint density at radius 2 is 2.06 bits per heavy atom. The van der Waals surface area contributed by atoms with Crippen LogP contribution in [-0.2, 0) is 9.59 Å². The van der Waals surface area contributed by atoms with Gasteiger partial charge in [-0.3, -0.25) is 24.6 Å². The van der Waals surface area contributed by atoms with Crippen LogP contribution in [0.4, 0.5) is 11.4 Å². The summed E-state index contributed by atoms with van der Waals surface area (Å²) in [4.78, 5) is 34.0. The minimum Gasteiger partial charge on any atom is -0.298 e. The monoisotopic (exact) mass is 254 g/mol. The number of ketones is 1. The number of anilines is 1. The second kappa shape index (κ2) is 4.14. The van der Waals surface area contributed by atoms with Crippen molar-refractivity contribution < 1.29 is 14.5 Å². The minimum absolute atomic E-state index is 0.0559. The van der Waals surface area contributed by atoms with Crippen molar-refractivity contribution in [1.29, 1.82) is 0 Å². The number of amides is 1. The van der Waals surface area contributed by atoms with Gasteiger partial charge in [-0.25, -0.2) is 0 Å². The van der Waals surface area contributed by atoms with Crippen LogP contribution in [-0.4, -0.2) is 23.2 Å². The molecule has 1 heterocycles. The van der Waals surface area contributed by atoms with E-state index < -0.39 is 10.8 Å². The van der Waals surface area contributed by atoms with Crippen LogP contribution in [0.1, 0.15) is 6.42 Å². The molecule has 0 bridgehead atoms. The zero-order chi connectivity index (χ0) is 12.6. The fraction of sp³-hybridized carbons (Fsp3) is 0.200. The molecule has 0 atom stereocenters. The van der Waals surface area contributed by atoms with Crippen LogP contribution in [0.3, 0.4) is 0 Å². The summed E-state index contributed by atoms with van der Waals surface area (Å²) < 4.78 is 0. The summed E-state index contributed by atoms with van der Waals surface area (Å²) in [6, 6.07) is 4.27. The Balaban J connectivity index is 2.52. The van der Waals surface area contributed by atoms with Crippen molar-refractivity contribution in [1.82, 2.24) is 0 Å². The topological polar surface area (TPSA) is 80.5 Å². The Hall–Kier alpha value is -1.95. The molecule has 1 aromatic rings. The van der Waals surface area contributed by atoms with Crippen LogP contribution >= 0.6 is 11.6 Å². The van der Waals surface area contributed by atoms with Gasteiger partial charge in [0.1, 0.15) is 10.7 Å². The van der Waals surface area contributed by atoms with Gasteiger partial charge in [0.05, 0.1) is 17.9 Å². The Kier molecular flexibility index (Phi) is 2.81. The van der Waals surface area contributed by atoms with E-state index in [9.17, 15) is 19.7 Å². The fourth-order valence-corrected chi connectivity index (χ4v) is 1.95. The van der Waals surface area contributed by atoms with E-state index in [-0.39, 0.29) is 35.1 Å². The number of halogens is 1. The fourth-order valence-electron chi connectivity index (χ4n) is 1.71. The zero-order valence-corrected chi connectivity index (χ0v) is 9.31. The highest BCUT2D eigenvalue weighted by atomic mass is 35.5. The third-order valence-corrected chi connectivity index (χ3v) is 2.73. The molecule has 0 N–H and O–H groups in total. The molecule has 0 radical (unpaired) electrons. The minimum atomic E-state index is -0.659. The second-order valence-corrected chi connectivity index (χ2v) is 3.97. The number of carbonyl (C=O) groups excluding carboxylic acids is 2. The molecule has 0 unspecified atom stereocenters. The van der Waals surface area contributed by atoms with Gasteiger partial charge in [-0.2, -0.15) is 0 Å². The van der Waals surface area contributed by atoms with E-state index in [4.69, 9.17) is 11.6 Å². The highest BCUT2D eigenvalue weighted by molar-refractivity contribution is 6.33. The van der Waals surface area contributed by atoms with E-state index in [0.29, 0.717) is 0 Å². The Labute approximate surface area is 101 Å². The number of carbonyl (C=O) groups is 2. The average molecular weight is 255 g/mol. The molecule has 88 valence electrons. The predicted molar refractivity (Wildman–Crippen MR) is 60.1 cm³/mol. The number of rotatable bonds is 2. The van der Waals surface area contributed by atoms with Gasteiger partial charge in [0.2, 0.25) is 5.91 Å². The second-order valence-electron chi connectivity index (χ2n) is 3.56. The quantitative estimate of drug-likeness (QED) is 0.456. The van der Waals surface area contributed by atoms with E-state index in [1.165, 1.54) is 18.2 Å². The molecule has 0 spiro atoms. The molecule has 1 saturated heterocycles. The Bertz CT molecular complexity index is 529. The third-order valence-electron chi connectivity index (χ3n) is 2.42. The molecule has 1 fully saturated rings. The summed E-state index contributed by atoms with van der Waals surface area (Å²) in [5.74, 6) is -0.704. The molecule has 0 aromatic heterocycles. The first kappa shape index (κ1) is 11.5. The Morgan fingerprint density at radius 1 is 1.35 bits per heavy atom. The van der Waals surface area contributed by atoms with Crippen LogP contribution in [0.25, 0.3) is 0 Å². The number of Topliss-reactive ketones (excluding diaryl/α,β-unsaturated/α-hetero) is 1. The highest BCUT2D eigenvalue weighted by Gasteiger charge is 2.33. The number of nitrogens with zero attached hydrogens (tertiary/aromatic N) is 2. The molecule has 1 aromatic carbocycles. The van der Waals surface area contributed by atoms with Crippen molar-refractivity contribution in [3.05, 3.63) is 33.3 Å². The van der Waals surface area contributed by atoms with Gasteiger partial charge < -0.3 is 0 Å². The van der Waals surface area contributed by atoms with Crippen LogP contribution in [0.15, 0.2) is 18.2 Å². The normalized spacial score (nSPS) is 15.5. The summed E-state index contributed by atoms with van der Waals surface area (Å²) in [5.41, 5.74) is -0.282. The lowest BCUT2D eigenvalue weighted by molar-refractivity contribution is -0.383. The third kappa shape index (κ3) is 1.99. The zero-order valence-electron chi connectivity index (χ0n) is 8.55. The standard InChI is InChI=1S/C10H7ClN2O4/c11-7-2-1-3-8(10(7)13(16)17)12-5-6(14)4-9(12)15/h1-3H,4-5H2. The van der Waals surface area contributed by atoms with E-state index in [0.717, 1.165) is 4.90 Å². The van der Waals surface area contributed by atoms with Crippen LogP contribution in [0.2, 0.25) is 5.02 Å². The van der Waals surface area contributed by atoms with Crippen LogP contribution in [0, 0.1) is 10.1 Å². The molecule has 0 saturated carbocycles. The highest BCUT2D eigenvalue weighted by Crippen LogP contribution is 2.36. The first-order valence-corrected chi connectivity index (χ1v) is 5.13. The van der Waals surface area contributed by atoms with Crippen molar-refractivity contribution in [3.63, 3.8) is 0 Å². The molecular weight excluding hydrogens is 248 g/mol. The van der Waals surface area contributed by atoms with Crippen molar-refractivity contribution in [2.24, 2.45) is 0 Å². The summed E-state index contributed by atoms with van der Waals surface area (Å²) in [5, 5.41) is 10.8. The number of nitro groups is 1. The van der Waals surface area contributed by atoms with Gasteiger partial charge in [-0.1, -0.05) is 17.7 Å². The molecule has 7 heteroatoms. The van der Waals surface area contributed by atoms with Gasteiger partial charge >= 0.3 is 5.69 Å². The summed E-state index contributed by atoms with van der Waals surface area (Å²) in [7, 11) is 0. The first-order chi connectivity index (χ1) is 8.00. The van der Waals surface area contributed by atoms with Crippen molar-refractivity contribution in [3.8, 4) is 0 Å². The largest absolute Gasteiger partial charge is 0.311 e. The lowest BCUT2D eigenvalue weighted by Gasteiger charge is -2.14. The van der Waals surface area contributed by atoms with Gasteiger partial charge in [0, 0.05) is 0 Å². The SMILES string of the molecule is O=C1CC(=O)N(c2cccc(Cl)c2[N+](=O)[O-])C1. The predicted octanol–water partition coefficient (Wildman–Crippen LogP) is 1.55. The van der Waals surface area contributed by atoms with Gasteiger partial charge in [0.15, 0.2) is 5.78 Å². The van der Waals surface area contributed by atoms with Crippen molar-refractivity contribution >= 4 is 34.7 Å². The maximum absolute atomic E-state index is 11.5. The number of benzene rings is 1. The number of nitro benzene ring substituents is 1. The van der Waals surface area contributed by atoms with E-state index >= 15 is 0 Å². The van der Waals surface area contributed by atoms with E-state index in [2.05, 4.69) is 0 Å². The molecule has 2 rings (SSSR count). The number of hydrogen-bond donors (Lipinski definition) is 0. The smallest absolute Gasteiger partial charge is 0.298 e. The molecule has 1 aliphatic rings. The Morgan fingerprint density at radius 3 is 2.59 bits per heavy atom. The first-order valence-electron chi connectivity index (χ1n) is 4.75. The molecular formula is C10H7ClN2O4. The van der Waals surface area contributed by atoms with E-state index in [1.807, 2.05) is 0 Å². The number of hydrogen-bond acceptors (Lipinski definition) is 4. The average Bonchev–Trinajstić information content (AvgIpc) is 2.56. The molecule has 6 nitrogen and oxygen atoms in total. The van der Waals surface area contributed by atoms with Crippen LogP contribution in [0.5, 0.6) is 0 Å². The summed E-state index contributed by atoms with van der Waals surface area (Å²) in [6.45, 7) is -0.139. The van der Waals surface area contributed by atoms with Gasteiger partial charge in [-0.15, -0.1) is 0 Å². The molecule has 1 aliphatic heterocycles. The molecule has 1 amide bonds. The van der Waals surface area contributed by atoms with Gasteiger partial charge in [-0.05, 0) is 12.1 Å².